The summed E-state index contributed by atoms with van der Waals surface area (Å²) in [4.78, 5) is 10.0. The van der Waals surface area contributed by atoms with Crippen LogP contribution in [0.25, 0.3) is 0 Å². The number of hydrogen-bond donors (Lipinski definition) is 2. The van der Waals surface area contributed by atoms with E-state index in [0.29, 0.717) is 12.1 Å². The van der Waals surface area contributed by atoms with Gasteiger partial charge in [0, 0.05) is 12.6 Å². The highest BCUT2D eigenvalue weighted by Crippen LogP contribution is 2.31. The Bertz CT molecular complexity index is 933. The average molecular weight is 374 g/mol. The number of nitrogens with one attached hydrogen (secondary N) is 2. The molecule has 0 saturated heterocycles. The van der Waals surface area contributed by atoms with Crippen LogP contribution in [0.3, 0.4) is 0 Å². The zero-order chi connectivity index (χ0) is 18.8. The normalized spacial score (nSPS) is 11.1. The molecule has 0 aromatic heterocycles. The summed E-state index contributed by atoms with van der Waals surface area (Å²) in [5, 5.41) is 2.44. The van der Waals surface area contributed by atoms with Crippen LogP contribution < -0.4 is 14.8 Å². The number of halogens is 3. The molecule has 0 unspecified atom stereocenters. The molecule has 0 saturated carbocycles. The second-order valence-corrected chi connectivity index (χ2v) is 6.53. The smallest absolute Gasteiger partial charge is 0.265 e. The Morgan fingerprint density at radius 1 is 1.08 bits per heavy atom. The molecule has 10 heteroatoms. The number of anilines is 2. The van der Waals surface area contributed by atoms with Gasteiger partial charge in [-0.15, -0.1) is 0 Å². The fourth-order valence-electron chi connectivity index (χ4n) is 1.98. The van der Waals surface area contributed by atoms with Crippen molar-refractivity contribution in [1.82, 2.24) is 0 Å². The molecule has 0 fully saturated rings. The Hall–Kier alpha value is -2.75. The molecule has 0 atom stereocenters. The van der Waals surface area contributed by atoms with Crippen LogP contribution in [0.4, 0.5) is 24.5 Å². The standard InChI is InChI=1S/C15H13F3N2O4S/c1-8(21)19-9-3-5-12(24-2)11(7-9)20-25(22,23)13-6-4-10(16)14(17)15(13)18/h3-7,20H,1-2H3,(H,19,21). The Morgan fingerprint density at radius 3 is 2.36 bits per heavy atom. The van der Waals surface area contributed by atoms with Gasteiger partial charge in [-0.05, 0) is 30.3 Å². The molecular weight excluding hydrogens is 361 g/mol. The topological polar surface area (TPSA) is 84.5 Å². The number of sulfonamides is 1. The van der Waals surface area contributed by atoms with E-state index in [1.165, 1.54) is 32.2 Å². The van der Waals surface area contributed by atoms with Gasteiger partial charge in [-0.3, -0.25) is 9.52 Å². The summed E-state index contributed by atoms with van der Waals surface area (Å²) in [7, 11) is -3.32. The number of ether oxygens (including phenoxy) is 1. The second-order valence-electron chi connectivity index (χ2n) is 4.88. The summed E-state index contributed by atoms with van der Waals surface area (Å²) in [6.07, 6.45) is 0. The van der Waals surface area contributed by atoms with Gasteiger partial charge in [0.2, 0.25) is 5.91 Å². The van der Waals surface area contributed by atoms with E-state index in [1.54, 1.807) is 0 Å². The van der Waals surface area contributed by atoms with Crippen LogP contribution in [0.15, 0.2) is 35.2 Å². The molecule has 0 radical (unpaired) electrons. The molecule has 2 aromatic rings. The van der Waals surface area contributed by atoms with E-state index >= 15 is 0 Å². The van der Waals surface area contributed by atoms with Crippen LogP contribution >= 0.6 is 0 Å². The first-order valence-corrected chi connectivity index (χ1v) is 8.26. The van der Waals surface area contributed by atoms with Crippen molar-refractivity contribution in [3.05, 3.63) is 47.8 Å². The number of carbonyl (C=O) groups excluding carboxylic acids is 1. The van der Waals surface area contributed by atoms with Gasteiger partial charge in [-0.1, -0.05) is 0 Å². The summed E-state index contributed by atoms with van der Waals surface area (Å²) in [5.41, 5.74) is 0.120. The molecule has 0 heterocycles. The number of methoxy groups -OCH3 is 1. The molecular formula is C15H13F3N2O4S. The van der Waals surface area contributed by atoms with Gasteiger partial charge >= 0.3 is 0 Å². The van der Waals surface area contributed by atoms with Crippen LogP contribution in [0.5, 0.6) is 5.75 Å². The molecule has 6 nitrogen and oxygen atoms in total. The van der Waals surface area contributed by atoms with E-state index in [1.807, 2.05) is 4.72 Å². The quantitative estimate of drug-likeness (QED) is 0.789. The van der Waals surface area contributed by atoms with Crippen LogP contribution in [0.1, 0.15) is 6.92 Å². The molecule has 0 aliphatic carbocycles. The van der Waals surface area contributed by atoms with Crippen molar-refractivity contribution in [2.24, 2.45) is 0 Å². The minimum atomic E-state index is -4.59. The zero-order valence-electron chi connectivity index (χ0n) is 13.1. The van der Waals surface area contributed by atoms with Gasteiger partial charge in [0.1, 0.15) is 10.6 Å². The van der Waals surface area contributed by atoms with Crippen LogP contribution in [-0.4, -0.2) is 21.4 Å². The number of hydrogen-bond acceptors (Lipinski definition) is 4. The molecule has 0 aliphatic heterocycles. The molecule has 0 spiro atoms. The Balaban J connectivity index is 2.47. The molecule has 2 rings (SSSR count). The van der Waals surface area contributed by atoms with E-state index < -0.39 is 38.3 Å². The predicted molar refractivity (Wildman–Crippen MR) is 84.4 cm³/mol. The van der Waals surface area contributed by atoms with Gasteiger partial charge in [0.15, 0.2) is 17.5 Å². The lowest BCUT2D eigenvalue weighted by Gasteiger charge is -2.14. The number of amides is 1. The van der Waals surface area contributed by atoms with Crippen molar-refractivity contribution in [3.8, 4) is 5.75 Å². The second kappa shape index (κ2) is 7.01. The van der Waals surface area contributed by atoms with Gasteiger partial charge in [0.25, 0.3) is 10.0 Å². The lowest BCUT2D eigenvalue weighted by molar-refractivity contribution is -0.114. The third kappa shape index (κ3) is 4.02. The minimum absolute atomic E-state index is 0.0701. The lowest BCUT2D eigenvalue weighted by atomic mass is 10.2. The highest BCUT2D eigenvalue weighted by molar-refractivity contribution is 7.92. The maximum atomic E-state index is 13.8. The lowest BCUT2D eigenvalue weighted by Crippen LogP contribution is -2.16. The van der Waals surface area contributed by atoms with E-state index in [0.717, 1.165) is 0 Å². The van der Waals surface area contributed by atoms with Crippen molar-refractivity contribution in [2.45, 2.75) is 11.8 Å². The predicted octanol–water partition coefficient (Wildman–Crippen LogP) is 2.87. The molecule has 134 valence electrons. The van der Waals surface area contributed by atoms with Gasteiger partial charge in [0.05, 0.1) is 12.8 Å². The molecule has 2 aromatic carbocycles. The molecule has 0 aliphatic rings. The highest BCUT2D eigenvalue weighted by Gasteiger charge is 2.25. The van der Waals surface area contributed by atoms with Gasteiger partial charge in [-0.25, -0.2) is 21.6 Å². The summed E-state index contributed by atoms with van der Waals surface area (Å²) in [5.74, 6) is -5.58. The maximum absolute atomic E-state index is 13.8. The van der Waals surface area contributed by atoms with Crippen LogP contribution in [-0.2, 0) is 14.8 Å². The van der Waals surface area contributed by atoms with Gasteiger partial charge in [-0.2, -0.15) is 0 Å². The Labute approximate surface area is 141 Å². The first-order valence-electron chi connectivity index (χ1n) is 6.77. The average Bonchev–Trinajstić information content (AvgIpc) is 2.51. The largest absolute Gasteiger partial charge is 0.495 e. The monoisotopic (exact) mass is 374 g/mol. The fourth-order valence-corrected chi connectivity index (χ4v) is 3.12. The fraction of sp³-hybridized carbons (Fsp3) is 0.133. The van der Waals surface area contributed by atoms with Crippen molar-refractivity contribution < 1.29 is 31.1 Å². The maximum Gasteiger partial charge on any atom is 0.265 e. The summed E-state index contributed by atoms with van der Waals surface area (Å²) >= 11 is 0. The Morgan fingerprint density at radius 2 is 1.76 bits per heavy atom. The SMILES string of the molecule is COc1ccc(NC(C)=O)cc1NS(=O)(=O)c1ccc(F)c(F)c1F. The van der Waals surface area contributed by atoms with E-state index in [9.17, 15) is 26.4 Å². The van der Waals surface area contributed by atoms with Crippen molar-refractivity contribution in [2.75, 3.05) is 17.1 Å². The molecule has 25 heavy (non-hydrogen) atoms. The Kier molecular flexibility index (Phi) is 5.21. The molecule has 2 N–H and O–H groups in total. The number of benzene rings is 2. The van der Waals surface area contributed by atoms with E-state index in [4.69, 9.17) is 4.74 Å². The first kappa shape index (κ1) is 18.6. The highest BCUT2D eigenvalue weighted by atomic mass is 32.2. The summed E-state index contributed by atoms with van der Waals surface area (Å²) in [6.45, 7) is 1.25. The summed E-state index contributed by atoms with van der Waals surface area (Å²) < 4.78 is 71.7. The van der Waals surface area contributed by atoms with Crippen molar-refractivity contribution >= 4 is 27.3 Å². The molecule has 0 bridgehead atoms. The summed E-state index contributed by atoms with van der Waals surface area (Å²) in [6, 6.07) is 5.15. The number of carbonyl (C=O) groups is 1. The van der Waals surface area contributed by atoms with E-state index in [2.05, 4.69) is 5.32 Å². The third-order valence-corrected chi connectivity index (χ3v) is 4.44. The minimum Gasteiger partial charge on any atom is -0.495 e. The van der Waals surface area contributed by atoms with E-state index in [-0.39, 0.29) is 17.1 Å². The van der Waals surface area contributed by atoms with Gasteiger partial charge < -0.3 is 10.1 Å². The van der Waals surface area contributed by atoms with Crippen LogP contribution in [0.2, 0.25) is 0 Å². The van der Waals surface area contributed by atoms with Crippen molar-refractivity contribution in [1.29, 1.82) is 0 Å². The molecule has 1 amide bonds. The van der Waals surface area contributed by atoms with Crippen LogP contribution in [0, 0.1) is 17.5 Å². The zero-order valence-corrected chi connectivity index (χ0v) is 13.9. The van der Waals surface area contributed by atoms with Crippen molar-refractivity contribution in [3.63, 3.8) is 0 Å². The number of rotatable bonds is 5. The first-order chi connectivity index (χ1) is 11.7. The third-order valence-electron chi connectivity index (χ3n) is 3.05.